The molecule has 0 atom stereocenters. The predicted octanol–water partition coefficient (Wildman–Crippen LogP) is 8.66. The minimum atomic E-state index is 0.202. The summed E-state index contributed by atoms with van der Waals surface area (Å²) in [5.41, 5.74) is 6.27. The lowest BCUT2D eigenvalue weighted by atomic mass is 9.70. The lowest BCUT2D eigenvalue weighted by Crippen LogP contribution is -2.26. The van der Waals surface area contributed by atoms with Gasteiger partial charge in [0.1, 0.15) is 0 Å². The lowest BCUT2D eigenvalue weighted by Gasteiger charge is -2.33. The molecule has 0 nitrogen and oxygen atoms in total. The summed E-state index contributed by atoms with van der Waals surface area (Å²) in [5, 5.41) is 0. The van der Waals surface area contributed by atoms with E-state index in [-0.39, 0.29) is 5.41 Å². The maximum atomic E-state index is 3.93. The largest absolute Gasteiger partial charge is 0.0654 e. The van der Waals surface area contributed by atoms with E-state index in [9.17, 15) is 0 Å². The smallest absolute Gasteiger partial charge is 0.0226 e. The van der Waals surface area contributed by atoms with Crippen molar-refractivity contribution in [2.75, 3.05) is 0 Å². The van der Waals surface area contributed by atoms with E-state index < -0.39 is 0 Å². The van der Waals surface area contributed by atoms with Crippen molar-refractivity contribution < 1.29 is 0 Å². The van der Waals surface area contributed by atoms with E-state index in [0.29, 0.717) is 0 Å². The molecule has 26 heavy (non-hydrogen) atoms. The molecule has 140 valence electrons. The maximum absolute atomic E-state index is 3.93. The first kappa shape index (κ1) is 19.7. The molecule has 0 bridgehead atoms. The zero-order valence-electron chi connectivity index (χ0n) is 16.5. The standard InChI is InChI=1S/C25H33Br/c1-3-5-7-11-18-25(19-12-8-6-4-2)22-16-10-9-14-20(22)21-15-13-17-23(26)24(21)25/h9-10,13-17H,3-8,11-12,18-19H2,1-2H3. The molecule has 1 heteroatoms. The molecule has 0 amide bonds. The Morgan fingerprint density at radius 1 is 0.692 bits per heavy atom. The molecule has 0 aliphatic heterocycles. The molecule has 2 aromatic carbocycles. The third-order valence-corrected chi connectivity index (χ3v) is 6.80. The maximum Gasteiger partial charge on any atom is 0.0226 e. The summed E-state index contributed by atoms with van der Waals surface area (Å²) in [6.45, 7) is 4.61. The van der Waals surface area contributed by atoms with Gasteiger partial charge in [-0.2, -0.15) is 0 Å². The van der Waals surface area contributed by atoms with Gasteiger partial charge in [0, 0.05) is 9.89 Å². The Morgan fingerprint density at radius 3 is 1.96 bits per heavy atom. The molecule has 2 aromatic rings. The van der Waals surface area contributed by atoms with Crippen molar-refractivity contribution in [2.24, 2.45) is 0 Å². The summed E-state index contributed by atoms with van der Waals surface area (Å²) < 4.78 is 1.30. The SMILES string of the molecule is CCCCCCC1(CCCCCC)c2ccccc2-c2cccc(Br)c21. The summed E-state index contributed by atoms with van der Waals surface area (Å²) in [5.74, 6) is 0. The molecule has 0 heterocycles. The van der Waals surface area contributed by atoms with Crippen LogP contribution in [-0.4, -0.2) is 0 Å². The van der Waals surface area contributed by atoms with Crippen molar-refractivity contribution in [3.05, 3.63) is 58.1 Å². The first-order valence-corrected chi connectivity index (χ1v) is 11.4. The van der Waals surface area contributed by atoms with Crippen LogP contribution in [0.2, 0.25) is 0 Å². The molecule has 0 fully saturated rings. The van der Waals surface area contributed by atoms with Gasteiger partial charge in [0.2, 0.25) is 0 Å². The number of hydrogen-bond donors (Lipinski definition) is 0. The van der Waals surface area contributed by atoms with Gasteiger partial charge in [0.05, 0.1) is 0 Å². The number of halogens is 1. The average molecular weight is 413 g/mol. The Hall–Kier alpha value is -1.08. The van der Waals surface area contributed by atoms with Crippen LogP contribution in [0, 0.1) is 0 Å². The van der Waals surface area contributed by atoms with E-state index in [2.05, 4.69) is 72.2 Å². The molecule has 3 rings (SSSR count). The molecule has 0 unspecified atom stereocenters. The Balaban J connectivity index is 2.00. The lowest BCUT2D eigenvalue weighted by molar-refractivity contribution is 0.399. The normalized spacial score (nSPS) is 14.3. The highest BCUT2D eigenvalue weighted by molar-refractivity contribution is 9.10. The van der Waals surface area contributed by atoms with E-state index in [4.69, 9.17) is 0 Å². The van der Waals surface area contributed by atoms with Crippen molar-refractivity contribution in [2.45, 2.75) is 83.5 Å². The van der Waals surface area contributed by atoms with Gasteiger partial charge in [-0.05, 0) is 41.2 Å². The topological polar surface area (TPSA) is 0 Å². The number of fused-ring (bicyclic) bond motifs is 3. The summed E-state index contributed by atoms with van der Waals surface area (Å²) in [6.07, 6.45) is 13.3. The molecule has 0 aromatic heterocycles. The predicted molar refractivity (Wildman–Crippen MR) is 118 cm³/mol. The minimum Gasteiger partial charge on any atom is -0.0654 e. The monoisotopic (exact) mass is 412 g/mol. The van der Waals surface area contributed by atoms with Crippen molar-refractivity contribution in [3.63, 3.8) is 0 Å². The van der Waals surface area contributed by atoms with E-state index in [1.165, 1.54) is 79.8 Å². The van der Waals surface area contributed by atoms with Crippen molar-refractivity contribution >= 4 is 15.9 Å². The van der Waals surface area contributed by atoms with Crippen LogP contribution >= 0.6 is 15.9 Å². The fourth-order valence-electron chi connectivity index (χ4n) is 4.86. The zero-order valence-corrected chi connectivity index (χ0v) is 18.1. The van der Waals surface area contributed by atoms with E-state index in [1.807, 2.05) is 0 Å². The second-order valence-corrected chi connectivity index (χ2v) is 8.77. The number of hydrogen-bond acceptors (Lipinski definition) is 0. The van der Waals surface area contributed by atoms with Crippen LogP contribution in [0.15, 0.2) is 46.9 Å². The van der Waals surface area contributed by atoms with Gasteiger partial charge < -0.3 is 0 Å². The molecule has 0 N–H and O–H groups in total. The first-order chi connectivity index (χ1) is 12.7. The molecule has 0 spiro atoms. The summed E-state index contributed by atoms with van der Waals surface area (Å²) in [7, 11) is 0. The molecule has 1 aliphatic carbocycles. The average Bonchev–Trinajstić information content (AvgIpc) is 2.95. The molecular weight excluding hydrogens is 380 g/mol. The van der Waals surface area contributed by atoms with E-state index in [1.54, 1.807) is 11.1 Å². The second kappa shape index (κ2) is 9.22. The van der Waals surface area contributed by atoms with Crippen LogP contribution in [0.25, 0.3) is 11.1 Å². The van der Waals surface area contributed by atoms with E-state index in [0.717, 1.165) is 0 Å². The van der Waals surface area contributed by atoms with Crippen LogP contribution in [0.4, 0.5) is 0 Å². The Labute approximate surface area is 168 Å². The summed E-state index contributed by atoms with van der Waals surface area (Å²) in [4.78, 5) is 0. The molecule has 0 saturated heterocycles. The molecule has 0 radical (unpaired) electrons. The van der Waals surface area contributed by atoms with Gasteiger partial charge in [0.25, 0.3) is 0 Å². The van der Waals surface area contributed by atoms with Crippen LogP contribution < -0.4 is 0 Å². The van der Waals surface area contributed by atoms with Crippen molar-refractivity contribution in [1.82, 2.24) is 0 Å². The quantitative estimate of drug-likeness (QED) is 0.342. The molecular formula is C25H33Br. The number of benzene rings is 2. The van der Waals surface area contributed by atoms with Gasteiger partial charge in [-0.15, -0.1) is 0 Å². The van der Waals surface area contributed by atoms with Gasteiger partial charge in [-0.3, -0.25) is 0 Å². The molecule has 1 aliphatic rings. The Kier molecular flexibility index (Phi) is 6.98. The van der Waals surface area contributed by atoms with Crippen LogP contribution in [0.3, 0.4) is 0 Å². The Bertz CT molecular complexity index is 704. The van der Waals surface area contributed by atoms with Crippen molar-refractivity contribution in [3.8, 4) is 11.1 Å². The Morgan fingerprint density at radius 2 is 1.31 bits per heavy atom. The minimum absolute atomic E-state index is 0.202. The molecule has 0 saturated carbocycles. The summed E-state index contributed by atoms with van der Waals surface area (Å²) in [6, 6.07) is 16.0. The van der Waals surface area contributed by atoms with Gasteiger partial charge in [-0.25, -0.2) is 0 Å². The van der Waals surface area contributed by atoms with Crippen molar-refractivity contribution in [1.29, 1.82) is 0 Å². The second-order valence-electron chi connectivity index (χ2n) is 7.91. The zero-order chi connectivity index (χ0) is 18.4. The van der Waals surface area contributed by atoms with Gasteiger partial charge in [-0.1, -0.05) is 118 Å². The van der Waals surface area contributed by atoms with Crippen LogP contribution in [0.5, 0.6) is 0 Å². The van der Waals surface area contributed by atoms with Gasteiger partial charge in [0.15, 0.2) is 0 Å². The fraction of sp³-hybridized carbons (Fsp3) is 0.520. The van der Waals surface area contributed by atoms with Gasteiger partial charge >= 0.3 is 0 Å². The van der Waals surface area contributed by atoms with Crippen LogP contribution in [0.1, 0.15) is 89.2 Å². The fourth-order valence-corrected chi connectivity index (χ4v) is 5.60. The first-order valence-electron chi connectivity index (χ1n) is 10.6. The number of rotatable bonds is 10. The highest BCUT2D eigenvalue weighted by Gasteiger charge is 2.43. The highest BCUT2D eigenvalue weighted by atomic mass is 79.9. The highest BCUT2D eigenvalue weighted by Crippen LogP contribution is 2.56. The third kappa shape index (κ3) is 3.79. The third-order valence-electron chi connectivity index (χ3n) is 6.14. The number of unbranched alkanes of at least 4 members (excludes halogenated alkanes) is 6. The van der Waals surface area contributed by atoms with E-state index >= 15 is 0 Å². The van der Waals surface area contributed by atoms with Crippen LogP contribution in [-0.2, 0) is 5.41 Å². The summed E-state index contributed by atoms with van der Waals surface area (Å²) >= 11 is 3.93.